The number of rotatable bonds is 0. The molecule has 4 rings (SSSR count). The predicted octanol–water partition coefficient (Wildman–Crippen LogP) is 4.41. The Hall–Kier alpha value is -1.10. The summed E-state index contributed by atoms with van der Waals surface area (Å²) < 4.78 is 0. The lowest BCUT2D eigenvalue weighted by molar-refractivity contribution is -0.119. The molecule has 0 amide bonds. The molecule has 2 fully saturated rings. The second-order valence-electron chi connectivity index (χ2n) is 8.06. The number of nitrogens with zero attached hydrogens (tertiary/aromatic N) is 1. The average molecular weight is 283 g/mol. The summed E-state index contributed by atoms with van der Waals surface area (Å²) in [4.78, 5) is 11.7. The highest BCUT2D eigenvalue weighted by Crippen LogP contribution is 2.62. The summed E-state index contributed by atoms with van der Waals surface area (Å²) in [6.07, 6.45) is 9.88. The first-order valence-corrected chi connectivity index (χ1v) is 8.75. The molecule has 2 saturated carbocycles. The van der Waals surface area contributed by atoms with E-state index in [4.69, 9.17) is 0 Å². The number of fused-ring (bicyclic) bond motifs is 4. The third kappa shape index (κ3) is 1.86. The van der Waals surface area contributed by atoms with Crippen LogP contribution >= 0.6 is 0 Å². The Morgan fingerprint density at radius 1 is 1.14 bits per heavy atom. The van der Waals surface area contributed by atoms with Gasteiger partial charge in [-0.2, -0.15) is 5.26 Å². The molecule has 0 unspecified atom stereocenters. The van der Waals surface area contributed by atoms with Gasteiger partial charge < -0.3 is 0 Å². The van der Waals surface area contributed by atoms with E-state index in [-0.39, 0.29) is 11.3 Å². The van der Waals surface area contributed by atoms with E-state index in [2.05, 4.69) is 13.0 Å². The molecular weight excluding hydrogens is 258 g/mol. The molecule has 0 saturated heterocycles. The van der Waals surface area contributed by atoms with Gasteiger partial charge in [0.15, 0.2) is 0 Å². The Bertz CT molecular complexity index is 554. The summed E-state index contributed by atoms with van der Waals surface area (Å²) in [7, 11) is 0. The van der Waals surface area contributed by atoms with E-state index in [1.54, 1.807) is 5.57 Å². The van der Waals surface area contributed by atoms with E-state index in [0.717, 1.165) is 49.9 Å². The largest absolute Gasteiger partial charge is 0.299 e. The second-order valence-corrected chi connectivity index (χ2v) is 8.06. The predicted molar refractivity (Wildman–Crippen MR) is 81.3 cm³/mol. The van der Waals surface area contributed by atoms with E-state index < -0.39 is 0 Å². The SMILES string of the molecule is C[C@]12CC[C@@H]3C4=C(CC[C@H]3[C@@H]1CC[C@@H]2C#N)CC(=O)CC4. The van der Waals surface area contributed by atoms with E-state index in [1.807, 2.05) is 0 Å². The molecule has 0 spiro atoms. The van der Waals surface area contributed by atoms with Gasteiger partial charge in [0.2, 0.25) is 0 Å². The van der Waals surface area contributed by atoms with Crippen molar-refractivity contribution in [3.63, 3.8) is 0 Å². The molecule has 0 aromatic heterocycles. The van der Waals surface area contributed by atoms with Crippen molar-refractivity contribution in [1.29, 1.82) is 5.26 Å². The molecule has 2 heteroatoms. The Balaban J connectivity index is 1.65. The highest BCUT2D eigenvalue weighted by atomic mass is 16.1. The molecule has 112 valence electrons. The summed E-state index contributed by atoms with van der Waals surface area (Å²) in [5.74, 6) is 3.05. The third-order valence-corrected chi connectivity index (χ3v) is 7.36. The fourth-order valence-electron chi connectivity index (χ4n) is 6.26. The van der Waals surface area contributed by atoms with Gasteiger partial charge >= 0.3 is 0 Å². The van der Waals surface area contributed by atoms with Crippen molar-refractivity contribution in [1.82, 2.24) is 0 Å². The van der Waals surface area contributed by atoms with Gasteiger partial charge in [0.1, 0.15) is 5.78 Å². The van der Waals surface area contributed by atoms with Gasteiger partial charge in [-0.25, -0.2) is 0 Å². The molecule has 0 N–H and O–H groups in total. The number of ketones is 1. The molecule has 4 aliphatic carbocycles. The molecule has 21 heavy (non-hydrogen) atoms. The van der Waals surface area contributed by atoms with Crippen LogP contribution in [0, 0.1) is 40.4 Å². The minimum Gasteiger partial charge on any atom is -0.299 e. The van der Waals surface area contributed by atoms with Crippen LogP contribution < -0.4 is 0 Å². The summed E-state index contributed by atoms with van der Waals surface area (Å²) in [6.45, 7) is 2.39. The van der Waals surface area contributed by atoms with E-state index >= 15 is 0 Å². The van der Waals surface area contributed by atoms with Crippen molar-refractivity contribution in [2.75, 3.05) is 0 Å². The van der Waals surface area contributed by atoms with Crippen molar-refractivity contribution < 1.29 is 4.79 Å². The van der Waals surface area contributed by atoms with Crippen LogP contribution in [-0.2, 0) is 4.79 Å². The van der Waals surface area contributed by atoms with Gasteiger partial charge in [0, 0.05) is 12.8 Å². The molecule has 2 nitrogen and oxygen atoms in total. The van der Waals surface area contributed by atoms with Crippen LogP contribution in [-0.4, -0.2) is 5.78 Å². The van der Waals surface area contributed by atoms with Crippen LogP contribution in [0.15, 0.2) is 11.1 Å². The lowest BCUT2D eigenvalue weighted by Gasteiger charge is -2.51. The van der Waals surface area contributed by atoms with Crippen molar-refractivity contribution in [3.8, 4) is 6.07 Å². The van der Waals surface area contributed by atoms with Gasteiger partial charge in [0.25, 0.3) is 0 Å². The Kier molecular flexibility index (Phi) is 3.03. The van der Waals surface area contributed by atoms with Crippen LogP contribution in [0.2, 0.25) is 0 Å². The van der Waals surface area contributed by atoms with Crippen LogP contribution in [0.4, 0.5) is 0 Å². The van der Waals surface area contributed by atoms with Crippen molar-refractivity contribution in [3.05, 3.63) is 11.1 Å². The lowest BCUT2D eigenvalue weighted by atomic mass is 9.53. The first-order chi connectivity index (χ1) is 10.1. The van der Waals surface area contributed by atoms with Crippen molar-refractivity contribution >= 4 is 5.78 Å². The molecular formula is C19H25NO. The number of nitriles is 1. The smallest absolute Gasteiger partial charge is 0.137 e. The van der Waals surface area contributed by atoms with Gasteiger partial charge in [0.05, 0.1) is 12.0 Å². The normalized spacial score (nSPS) is 45.6. The fraction of sp³-hybridized carbons (Fsp3) is 0.789. The second kappa shape index (κ2) is 4.70. The molecule has 4 aliphatic rings. The van der Waals surface area contributed by atoms with Crippen LogP contribution in [0.3, 0.4) is 0 Å². The molecule has 0 aromatic rings. The molecule has 5 atom stereocenters. The molecule has 0 heterocycles. The zero-order chi connectivity index (χ0) is 14.6. The maximum atomic E-state index is 11.7. The van der Waals surface area contributed by atoms with Gasteiger partial charge in [-0.1, -0.05) is 18.1 Å². The minimum absolute atomic E-state index is 0.276. The first kappa shape index (κ1) is 13.6. The summed E-state index contributed by atoms with van der Waals surface area (Å²) in [5, 5.41) is 9.49. The minimum atomic E-state index is 0.276. The quantitative estimate of drug-likeness (QED) is 0.618. The Morgan fingerprint density at radius 2 is 2.00 bits per heavy atom. The molecule has 0 aromatic carbocycles. The summed E-state index contributed by atoms with van der Waals surface area (Å²) in [5.41, 5.74) is 3.46. The number of Topliss-reactive ketones (excluding diaryl/α,β-unsaturated/α-hetero) is 1. The summed E-state index contributed by atoms with van der Waals surface area (Å²) >= 11 is 0. The lowest BCUT2D eigenvalue weighted by Crippen LogP contribution is -2.43. The number of carbonyl (C=O) groups is 1. The van der Waals surface area contributed by atoms with Gasteiger partial charge in [-0.3, -0.25) is 4.79 Å². The molecule has 0 radical (unpaired) electrons. The summed E-state index contributed by atoms with van der Waals surface area (Å²) in [6, 6.07) is 2.60. The zero-order valence-corrected chi connectivity index (χ0v) is 13.0. The van der Waals surface area contributed by atoms with Crippen LogP contribution in [0.25, 0.3) is 0 Å². The van der Waals surface area contributed by atoms with Crippen molar-refractivity contribution in [2.45, 2.75) is 64.7 Å². The number of hydrogen-bond donors (Lipinski definition) is 0. The Morgan fingerprint density at radius 3 is 2.81 bits per heavy atom. The van der Waals surface area contributed by atoms with Crippen LogP contribution in [0.1, 0.15) is 64.7 Å². The van der Waals surface area contributed by atoms with E-state index in [9.17, 15) is 10.1 Å². The average Bonchev–Trinajstić information content (AvgIpc) is 2.83. The molecule has 0 bridgehead atoms. The van der Waals surface area contributed by atoms with Crippen LogP contribution in [0.5, 0.6) is 0 Å². The highest BCUT2D eigenvalue weighted by Gasteiger charge is 2.55. The third-order valence-electron chi connectivity index (χ3n) is 7.36. The standard InChI is InChI=1S/C19H25NO/c1-19-9-8-16-15-6-4-14(21)10-12(15)2-5-17(16)18(19)7-3-13(19)11-20/h13,16-18H,2-10H2,1H3/t13-,16-,17-,18+,19-/m1/s1. The maximum absolute atomic E-state index is 11.7. The monoisotopic (exact) mass is 283 g/mol. The number of carbonyl (C=O) groups excluding carboxylic acids is 1. The van der Waals surface area contributed by atoms with E-state index in [1.165, 1.54) is 31.3 Å². The van der Waals surface area contributed by atoms with Gasteiger partial charge in [-0.15, -0.1) is 0 Å². The fourth-order valence-corrected chi connectivity index (χ4v) is 6.26. The van der Waals surface area contributed by atoms with E-state index in [0.29, 0.717) is 5.78 Å². The first-order valence-electron chi connectivity index (χ1n) is 8.75. The maximum Gasteiger partial charge on any atom is 0.137 e. The Labute approximate surface area is 127 Å². The number of allylic oxidation sites excluding steroid dienone is 2. The van der Waals surface area contributed by atoms with Gasteiger partial charge in [-0.05, 0) is 68.1 Å². The number of hydrogen-bond acceptors (Lipinski definition) is 2. The highest BCUT2D eigenvalue weighted by molar-refractivity contribution is 5.82. The molecule has 0 aliphatic heterocycles. The zero-order valence-electron chi connectivity index (χ0n) is 13.0. The topological polar surface area (TPSA) is 40.9 Å². The van der Waals surface area contributed by atoms with Crippen molar-refractivity contribution in [2.24, 2.45) is 29.1 Å².